The Hall–Kier alpha value is -3.37. The Labute approximate surface area is 261 Å². The molecule has 1 aliphatic heterocycles. The van der Waals surface area contributed by atoms with E-state index in [4.69, 9.17) is 9.47 Å². The SMILES string of the molecule is CNc1cccc(Cc2ccc([C@@H]3O[C@@H]4C[C@H]5[C@@H]6CCC7=CC(=O)C=C[C@]7(C)[C@@]6(F)[C@@H](O)C[C@]5(C)[C@]4(C(=O)CO)O3)cc2O)c1. The first-order chi connectivity index (χ1) is 21.4. The van der Waals surface area contributed by atoms with Crippen LogP contribution >= 0.6 is 0 Å². The molecule has 0 aromatic heterocycles. The number of aliphatic hydroxyl groups excluding tert-OH is 2. The maximum Gasteiger partial charge on any atom is 0.193 e. The Morgan fingerprint density at radius 1 is 1.16 bits per heavy atom. The molecule has 0 bridgehead atoms. The van der Waals surface area contributed by atoms with Gasteiger partial charge in [0, 0.05) is 41.5 Å². The number of benzene rings is 2. The van der Waals surface area contributed by atoms with Crippen molar-refractivity contribution in [3.8, 4) is 5.75 Å². The van der Waals surface area contributed by atoms with Crippen molar-refractivity contribution in [2.24, 2.45) is 22.7 Å². The summed E-state index contributed by atoms with van der Waals surface area (Å²) in [7, 11) is 1.85. The number of ketones is 2. The van der Waals surface area contributed by atoms with Crippen LogP contribution in [0.2, 0.25) is 0 Å². The molecular weight excluding hydrogens is 577 g/mol. The first-order valence-electron chi connectivity index (χ1n) is 15.8. The molecule has 9 atom stereocenters. The van der Waals surface area contributed by atoms with Gasteiger partial charge in [0.1, 0.15) is 12.4 Å². The number of hydrogen-bond acceptors (Lipinski definition) is 8. The van der Waals surface area contributed by atoms with Crippen molar-refractivity contribution in [2.45, 2.75) is 75.7 Å². The van der Waals surface area contributed by atoms with Gasteiger partial charge in [-0.15, -0.1) is 0 Å². The number of carbonyl (C=O) groups is 2. The Morgan fingerprint density at radius 3 is 2.69 bits per heavy atom. The highest BCUT2D eigenvalue weighted by molar-refractivity contribution is 6.01. The number of fused-ring (bicyclic) bond motifs is 7. The molecule has 2 aromatic rings. The number of nitrogens with one attached hydrogen (secondary N) is 1. The van der Waals surface area contributed by atoms with E-state index in [-0.39, 0.29) is 23.9 Å². The van der Waals surface area contributed by atoms with Crippen LogP contribution in [0.1, 0.15) is 62.5 Å². The molecule has 4 fully saturated rings. The highest BCUT2D eigenvalue weighted by Crippen LogP contribution is 2.72. The molecule has 4 aliphatic carbocycles. The number of alkyl halides is 1. The lowest BCUT2D eigenvalue weighted by atomic mass is 9.44. The number of Topliss-reactive ketones (excluding diaryl/α,β-unsaturated/α-hetero) is 1. The summed E-state index contributed by atoms with van der Waals surface area (Å²) in [6.07, 6.45) is 2.88. The fourth-order valence-corrected chi connectivity index (χ4v) is 9.66. The van der Waals surface area contributed by atoms with E-state index in [1.807, 2.05) is 38.2 Å². The average Bonchev–Trinajstić information content (AvgIpc) is 3.52. The summed E-state index contributed by atoms with van der Waals surface area (Å²) in [6, 6.07) is 13.1. The van der Waals surface area contributed by atoms with Gasteiger partial charge in [-0.05, 0) is 80.0 Å². The van der Waals surface area contributed by atoms with Crippen molar-refractivity contribution in [3.63, 3.8) is 0 Å². The fraction of sp³-hybridized carbons (Fsp3) is 0.500. The van der Waals surface area contributed by atoms with Crippen LogP contribution in [-0.4, -0.2) is 64.0 Å². The molecular formula is C36H40FNO7. The Bertz CT molecular complexity index is 1640. The monoisotopic (exact) mass is 617 g/mol. The molecule has 8 nitrogen and oxygen atoms in total. The first-order valence-corrected chi connectivity index (χ1v) is 15.8. The molecule has 3 saturated carbocycles. The van der Waals surface area contributed by atoms with Crippen molar-refractivity contribution in [3.05, 3.63) is 83.0 Å². The van der Waals surface area contributed by atoms with Gasteiger partial charge in [-0.2, -0.15) is 0 Å². The molecule has 4 N–H and O–H groups in total. The van der Waals surface area contributed by atoms with Crippen LogP contribution in [0, 0.1) is 22.7 Å². The van der Waals surface area contributed by atoms with Gasteiger partial charge in [-0.1, -0.05) is 42.8 Å². The number of phenolic OH excluding ortho intramolecular Hbond substituents is 1. The van der Waals surface area contributed by atoms with E-state index in [1.54, 1.807) is 31.2 Å². The highest BCUT2D eigenvalue weighted by Gasteiger charge is 2.79. The third-order valence-corrected chi connectivity index (χ3v) is 11.9. The van der Waals surface area contributed by atoms with Gasteiger partial charge in [0.05, 0.1) is 12.2 Å². The molecule has 0 amide bonds. The summed E-state index contributed by atoms with van der Waals surface area (Å²) >= 11 is 0. The number of rotatable bonds is 6. The van der Waals surface area contributed by atoms with Crippen molar-refractivity contribution in [1.29, 1.82) is 0 Å². The molecule has 0 radical (unpaired) electrons. The van der Waals surface area contributed by atoms with E-state index in [0.717, 1.165) is 11.3 Å². The number of hydrogen-bond donors (Lipinski definition) is 4. The van der Waals surface area contributed by atoms with Crippen LogP contribution in [0.4, 0.5) is 10.1 Å². The van der Waals surface area contributed by atoms with E-state index in [2.05, 4.69) is 5.32 Å². The van der Waals surface area contributed by atoms with E-state index in [1.165, 1.54) is 12.2 Å². The van der Waals surface area contributed by atoms with Crippen molar-refractivity contribution < 1.29 is 38.8 Å². The van der Waals surface area contributed by atoms with E-state index < -0.39 is 58.9 Å². The second kappa shape index (κ2) is 10.3. The maximum absolute atomic E-state index is 17.6. The number of halogens is 1. The number of aromatic hydroxyl groups is 1. The zero-order valence-corrected chi connectivity index (χ0v) is 25.8. The van der Waals surface area contributed by atoms with Gasteiger partial charge >= 0.3 is 0 Å². The number of phenols is 1. The molecule has 1 saturated heterocycles. The summed E-state index contributed by atoms with van der Waals surface area (Å²) in [4.78, 5) is 25.9. The predicted octanol–water partition coefficient (Wildman–Crippen LogP) is 4.72. The van der Waals surface area contributed by atoms with Gasteiger partial charge < -0.3 is 30.1 Å². The predicted molar refractivity (Wildman–Crippen MR) is 164 cm³/mol. The largest absolute Gasteiger partial charge is 0.508 e. The lowest BCUT2D eigenvalue weighted by Gasteiger charge is -2.62. The van der Waals surface area contributed by atoms with Crippen LogP contribution in [0.25, 0.3) is 0 Å². The molecule has 7 rings (SSSR count). The van der Waals surface area contributed by atoms with E-state index in [0.29, 0.717) is 42.4 Å². The van der Waals surface area contributed by atoms with Gasteiger partial charge in [0.25, 0.3) is 0 Å². The second-order valence-electron chi connectivity index (χ2n) is 13.9. The second-order valence-corrected chi connectivity index (χ2v) is 13.9. The van der Waals surface area contributed by atoms with E-state index >= 15 is 4.39 Å². The van der Waals surface area contributed by atoms with Crippen molar-refractivity contribution in [2.75, 3.05) is 19.0 Å². The van der Waals surface area contributed by atoms with Crippen molar-refractivity contribution in [1.82, 2.24) is 0 Å². The third-order valence-electron chi connectivity index (χ3n) is 11.9. The molecule has 9 heteroatoms. The number of carbonyl (C=O) groups excluding carboxylic acids is 2. The summed E-state index contributed by atoms with van der Waals surface area (Å²) in [5.41, 5.74) is -1.97. The Balaban J connectivity index is 1.20. The third kappa shape index (κ3) is 4.03. The standard InChI is InChI=1S/C36H40FNO7/c1-33-12-11-25(40)16-23(33)9-10-26-27-17-31-36(30(43)19-39,34(27,2)18-29(42)35(26,33)37)45-32(44-31)22-8-7-21(28(41)15-22)13-20-5-4-6-24(14-20)38-3/h4-8,11-12,14-16,26-27,29,31-32,38-39,41-42H,9-10,13,17-19H2,1-3H3/t26-,27-,29-,31+,32+,33-,34-,35-,36+/m0/s1. The van der Waals surface area contributed by atoms with Crippen LogP contribution in [-0.2, 0) is 25.5 Å². The lowest BCUT2D eigenvalue weighted by molar-refractivity contribution is -0.231. The van der Waals surface area contributed by atoms with Gasteiger partial charge in [0.15, 0.2) is 29.1 Å². The fourth-order valence-electron chi connectivity index (χ4n) is 9.66. The molecule has 1 heterocycles. The zero-order chi connectivity index (χ0) is 31.9. The quantitative estimate of drug-likeness (QED) is 0.367. The molecule has 2 aromatic carbocycles. The van der Waals surface area contributed by atoms with Gasteiger partial charge in [0.2, 0.25) is 0 Å². The highest BCUT2D eigenvalue weighted by atomic mass is 19.1. The molecule has 238 valence electrons. The van der Waals surface area contributed by atoms with Crippen LogP contribution in [0.3, 0.4) is 0 Å². The zero-order valence-electron chi connectivity index (χ0n) is 25.8. The molecule has 45 heavy (non-hydrogen) atoms. The smallest absolute Gasteiger partial charge is 0.193 e. The summed E-state index contributed by atoms with van der Waals surface area (Å²) < 4.78 is 30.6. The minimum atomic E-state index is -2.06. The molecule has 0 spiro atoms. The van der Waals surface area contributed by atoms with Gasteiger partial charge in [-0.3, -0.25) is 9.59 Å². The normalized spacial score (nSPS) is 39.8. The summed E-state index contributed by atoms with van der Waals surface area (Å²) in [5, 5.41) is 36.0. The molecule has 0 unspecified atom stereocenters. The number of anilines is 1. The van der Waals surface area contributed by atoms with Gasteiger partial charge in [-0.25, -0.2) is 4.39 Å². The Kier molecular flexibility index (Phi) is 6.95. The summed E-state index contributed by atoms with van der Waals surface area (Å²) in [5.74, 6) is -1.70. The van der Waals surface area contributed by atoms with Crippen LogP contribution in [0.5, 0.6) is 5.75 Å². The minimum absolute atomic E-state index is 0.0619. The number of allylic oxidation sites excluding steroid dienone is 4. The topological polar surface area (TPSA) is 125 Å². The van der Waals surface area contributed by atoms with Crippen LogP contribution < -0.4 is 5.32 Å². The van der Waals surface area contributed by atoms with E-state index in [9.17, 15) is 24.9 Å². The maximum atomic E-state index is 17.6. The first kappa shape index (κ1) is 30.3. The number of aliphatic hydroxyl groups is 2. The summed E-state index contributed by atoms with van der Waals surface area (Å²) in [6.45, 7) is 2.82. The Morgan fingerprint density at radius 2 is 1.96 bits per heavy atom. The lowest BCUT2D eigenvalue weighted by Crippen LogP contribution is -2.69. The average molecular weight is 618 g/mol. The number of ether oxygens (including phenoxy) is 2. The molecule has 5 aliphatic rings. The minimum Gasteiger partial charge on any atom is -0.508 e. The van der Waals surface area contributed by atoms with Crippen LogP contribution in [0.15, 0.2) is 66.3 Å². The van der Waals surface area contributed by atoms with Crippen molar-refractivity contribution >= 4 is 17.3 Å².